The van der Waals surface area contributed by atoms with E-state index in [0.29, 0.717) is 13.0 Å². The molecule has 2 atom stereocenters. The quantitative estimate of drug-likeness (QED) is 0.709. The molecule has 6 heteroatoms. The maximum Gasteiger partial charge on any atom is 0.315 e. The average molecular weight is 328 g/mol. The van der Waals surface area contributed by atoms with Gasteiger partial charge in [0.1, 0.15) is 5.82 Å². The summed E-state index contributed by atoms with van der Waals surface area (Å²) in [5.74, 6) is 1.01. The van der Waals surface area contributed by atoms with Crippen molar-refractivity contribution in [2.24, 2.45) is 0 Å². The lowest BCUT2D eigenvalue weighted by molar-refractivity contribution is 0.142. The Bertz CT molecular complexity index is 698. The highest BCUT2D eigenvalue weighted by Crippen LogP contribution is 2.30. The first-order valence-electron chi connectivity index (χ1n) is 8.43. The maximum absolute atomic E-state index is 12.1. The Morgan fingerprint density at radius 1 is 1.38 bits per heavy atom. The average Bonchev–Trinajstić information content (AvgIpc) is 3.11. The lowest BCUT2D eigenvalue weighted by Crippen LogP contribution is -2.41. The number of aliphatic hydroxyl groups is 1. The number of benzene rings is 1. The van der Waals surface area contributed by atoms with Crippen LogP contribution in [0.25, 0.3) is 0 Å². The molecule has 0 bridgehead atoms. The van der Waals surface area contributed by atoms with Gasteiger partial charge >= 0.3 is 6.03 Å². The molecule has 2 amide bonds. The van der Waals surface area contributed by atoms with Crippen LogP contribution in [0.3, 0.4) is 0 Å². The van der Waals surface area contributed by atoms with Gasteiger partial charge in [-0.05, 0) is 30.9 Å². The zero-order valence-electron chi connectivity index (χ0n) is 13.9. The van der Waals surface area contributed by atoms with E-state index in [1.165, 1.54) is 0 Å². The first-order chi connectivity index (χ1) is 11.6. The van der Waals surface area contributed by atoms with Gasteiger partial charge in [0.05, 0.1) is 12.1 Å². The smallest absolute Gasteiger partial charge is 0.315 e. The van der Waals surface area contributed by atoms with Crippen molar-refractivity contribution in [2.45, 2.75) is 44.9 Å². The molecule has 2 unspecified atom stereocenters. The number of carbonyl (C=O) groups is 1. The fourth-order valence-electron chi connectivity index (χ4n) is 3.19. The standard InChI is InChI=1S/C18H24N4O2/c1-13-19-9-11-22(13)10-5-4-8-20-18(24)21-17-15-7-3-2-6-14(15)12-16(17)23/h2-3,6-7,9,11,16-17,23H,4-5,8,10,12H2,1H3,(H2,20,21,24). The molecular weight excluding hydrogens is 304 g/mol. The van der Waals surface area contributed by atoms with Crippen molar-refractivity contribution in [3.63, 3.8) is 0 Å². The number of aliphatic hydroxyl groups excluding tert-OH is 1. The molecule has 0 radical (unpaired) electrons. The lowest BCUT2D eigenvalue weighted by Gasteiger charge is -2.18. The molecule has 2 aromatic rings. The van der Waals surface area contributed by atoms with Crippen molar-refractivity contribution in [3.8, 4) is 0 Å². The summed E-state index contributed by atoms with van der Waals surface area (Å²) < 4.78 is 2.10. The SMILES string of the molecule is Cc1nccn1CCCCNC(=O)NC1c2ccccc2CC1O. The normalized spacial score (nSPS) is 19.1. The van der Waals surface area contributed by atoms with Crippen LogP contribution in [0.1, 0.15) is 35.8 Å². The fourth-order valence-corrected chi connectivity index (χ4v) is 3.19. The Balaban J connectivity index is 1.39. The topological polar surface area (TPSA) is 79.2 Å². The number of aryl methyl sites for hydroxylation is 2. The van der Waals surface area contributed by atoms with Crippen LogP contribution < -0.4 is 10.6 Å². The van der Waals surface area contributed by atoms with Crippen molar-refractivity contribution in [1.82, 2.24) is 20.2 Å². The minimum absolute atomic E-state index is 0.227. The maximum atomic E-state index is 12.1. The summed E-state index contributed by atoms with van der Waals surface area (Å²) >= 11 is 0. The van der Waals surface area contributed by atoms with Gasteiger partial charge in [0.25, 0.3) is 0 Å². The summed E-state index contributed by atoms with van der Waals surface area (Å²) in [5, 5.41) is 15.9. The Morgan fingerprint density at radius 2 is 2.21 bits per heavy atom. The number of imidazole rings is 1. The van der Waals surface area contributed by atoms with Crippen LogP contribution in [0.4, 0.5) is 4.79 Å². The molecule has 0 fully saturated rings. The zero-order chi connectivity index (χ0) is 16.9. The Morgan fingerprint density at radius 3 is 3.00 bits per heavy atom. The van der Waals surface area contributed by atoms with Gasteiger partial charge in [-0.3, -0.25) is 0 Å². The van der Waals surface area contributed by atoms with E-state index in [9.17, 15) is 9.90 Å². The number of aromatic nitrogens is 2. The largest absolute Gasteiger partial charge is 0.390 e. The van der Waals surface area contributed by atoms with Crippen molar-refractivity contribution in [1.29, 1.82) is 0 Å². The summed E-state index contributed by atoms with van der Waals surface area (Å²) in [6.45, 7) is 3.50. The molecule has 1 aliphatic rings. The summed E-state index contributed by atoms with van der Waals surface area (Å²) in [5.41, 5.74) is 2.11. The van der Waals surface area contributed by atoms with Gasteiger partial charge in [-0.2, -0.15) is 0 Å². The van der Waals surface area contributed by atoms with Gasteiger partial charge in [-0.25, -0.2) is 9.78 Å². The molecule has 24 heavy (non-hydrogen) atoms. The number of hydrogen-bond acceptors (Lipinski definition) is 3. The number of nitrogens with one attached hydrogen (secondary N) is 2. The third-order valence-corrected chi connectivity index (χ3v) is 4.53. The highest BCUT2D eigenvalue weighted by Gasteiger charge is 2.31. The summed E-state index contributed by atoms with van der Waals surface area (Å²) in [4.78, 5) is 16.2. The monoisotopic (exact) mass is 328 g/mol. The van der Waals surface area contributed by atoms with Gasteiger partial charge in [0, 0.05) is 31.9 Å². The summed E-state index contributed by atoms with van der Waals surface area (Å²) in [7, 11) is 0. The van der Waals surface area contributed by atoms with Crippen molar-refractivity contribution >= 4 is 6.03 Å². The second-order valence-corrected chi connectivity index (χ2v) is 6.22. The minimum atomic E-state index is -0.558. The molecule has 0 spiro atoms. The fraction of sp³-hybridized carbons (Fsp3) is 0.444. The number of fused-ring (bicyclic) bond motifs is 1. The molecule has 1 aromatic heterocycles. The van der Waals surface area contributed by atoms with Crippen LogP contribution in [0, 0.1) is 6.92 Å². The zero-order valence-corrected chi connectivity index (χ0v) is 13.9. The number of carbonyl (C=O) groups excluding carboxylic acids is 1. The van der Waals surface area contributed by atoms with E-state index < -0.39 is 6.10 Å². The molecular formula is C18H24N4O2. The molecule has 1 aliphatic carbocycles. The second kappa shape index (κ2) is 7.49. The van der Waals surface area contributed by atoms with Crippen LogP contribution in [-0.2, 0) is 13.0 Å². The predicted octanol–water partition coefficient (Wildman–Crippen LogP) is 1.93. The molecule has 3 N–H and O–H groups in total. The number of nitrogens with zero attached hydrogens (tertiary/aromatic N) is 2. The highest BCUT2D eigenvalue weighted by molar-refractivity contribution is 5.74. The molecule has 6 nitrogen and oxygen atoms in total. The Labute approximate surface area is 141 Å². The molecule has 1 heterocycles. The number of hydrogen-bond donors (Lipinski definition) is 3. The molecule has 128 valence electrons. The van der Waals surface area contributed by atoms with E-state index in [0.717, 1.165) is 36.3 Å². The van der Waals surface area contributed by atoms with Crippen LogP contribution in [0.15, 0.2) is 36.7 Å². The number of unbranched alkanes of at least 4 members (excludes halogenated alkanes) is 1. The molecule has 0 saturated heterocycles. The van der Waals surface area contributed by atoms with Gasteiger partial charge < -0.3 is 20.3 Å². The van der Waals surface area contributed by atoms with E-state index in [-0.39, 0.29) is 12.1 Å². The second-order valence-electron chi connectivity index (χ2n) is 6.22. The molecule has 1 aromatic carbocycles. The first kappa shape index (κ1) is 16.5. The minimum Gasteiger partial charge on any atom is -0.390 e. The highest BCUT2D eigenvalue weighted by atomic mass is 16.3. The molecule has 3 rings (SSSR count). The van der Waals surface area contributed by atoms with E-state index >= 15 is 0 Å². The van der Waals surface area contributed by atoms with Crippen molar-refractivity contribution < 1.29 is 9.90 Å². The third kappa shape index (κ3) is 3.76. The Hall–Kier alpha value is -2.34. The Kier molecular flexibility index (Phi) is 5.15. The van der Waals surface area contributed by atoms with Gasteiger partial charge in [-0.15, -0.1) is 0 Å². The van der Waals surface area contributed by atoms with Crippen molar-refractivity contribution in [2.75, 3.05) is 6.54 Å². The summed E-state index contributed by atoms with van der Waals surface area (Å²) in [6.07, 6.45) is 5.67. The van der Waals surface area contributed by atoms with Crippen LogP contribution in [-0.4, -0.2) is 33.3 Å². The van der Waals surface area contributed by atoms with Crippen LogP contribution in [0.5, 0.6) is 0 Å². The third-order valence-electron chi connectivity index (χ3n) is 4.53. The lowest BCUT2D eigenvalue weighted by atomic mass is 10.1. The molecule has 0 saturated carbocycles. The van der Waals surface area contributed by atoms with Gasteiger partial charge in [-0.1, -0.05) is 24.3 Å². The van der Waals surface area contributed by atoms with Gasteiger partial charge in [0.2, 0.25) is 0 Å². The van der Waals surface area contributed by atoms with Crippen LogP contribution in [0.2, 0.25) is 0 Å². The number of urea groups is 1. The van der Waals surface area contributed by atoms with E-state index in [1.54, 1.807) is 6.20 Å². The first-order valence-corrected chi connectivity index (χ1v) is 8.43. The van der Waals surface area contributed by atoms with Gasteiger partial charge in [0.15, 0.2) is 0 Å². The van der Waals surface area contributed by atoms with Crippen molar-refractivity contribution in [3.05, 3.63) is 53.6 Å². The van der Waals surface area contributed by atoms with E-state index in [2.05, 4.69) is 20.2 Å². The molecule has 0 aliphatic heterocycles. The summed E-state index contributed by atoms with van der Waals surface area (Å²) in [6, 6.07) is 7.29. The predicted molar refractivity (Wildman–Crippen MR) is 91.6 cm³/mol. The van der Waals surface area contributed by atoms with E-state index in [4.69, 9.17) is 0 Å². The van der Waals surface area contributed by atoms with E-state index in [1.807, 2.05) is 37.4 Å². The number of rotatable bonds is 6. The van der Waals surface area contributed by atoms with Crippen LogP contribution >= 0.6 is 0 Å². The number of amides is 2.